The molecule has 7 nitrogen and oxygen atoms in total. The third-order valence-electron chi connectivity index (χ3n) is 2.60. The van der Waals surface area contributed by atoms with Gasteiger partial charge in [-0.2, -0.15) is 26.7 Å². The number of aromatic nitrogens is 5. The second-order valence-corrected chi connectivity index (χ2v) is 6.12. The Balaban J connectivity index is 2.18. The highest BCUT2D eigenvalue weighted by molar-refractivity contribution is 7.99. The van der Waals surface area contributed by atoms with E-state index in [1.807, 2.05) is 0 Å². The molecule has 0 aromatic carbocycles. The van der Waals surface area contributed by atoms with Crippen molar-refractivity contribution >= 4 is 23.7 Å². The number of nitrogens with one attached hydrogen (secondary N) is 1. The average molecular weight is 279 g/mol. The zero-order chi connectivity index (χ0) is 13.9. The number of nitrogen functional groups attached to an aromatic ring is 1. The number of rotatable bonds is 5. The molecule has 2 heterocycles. The molecule has 0 radical (unpaired) electrons. The zero-order valence-electron chi connectivity index (χ0n) is 11.2. The molecular weight excluding hydrogens is 262 g/mol. The third-order valence-corrected chi connectivity index (χ3v) is 3.85. The lowest BCUT2D eigenvalue weighted by Gasteiger charge is -2.22. The first-order valence-corrected chi connectivity index (χ1v) is 7.01. The van der Waals surface area contributed by atoms with E-state index in [0.717, 1.165) is 6.54 Å². The largest absolute Gasteiger partial charge is 0.368 e. The van der Waals surface area contributed by atoms with Crippen molar-refractivity contribution in [3.8, 4) is 5.95 Å². The first-order valence-electron chi connectivity index (χ1n) is 5.79. The van der Waals surface area contributed by atoms with E-state index in [1.54, 1.807) is 35.0 Å². The summed E-state index contributed by atoms with van der Waals surface area (Å²) in [7, 11) is 0. The Kier molecular flexibility index (Phi) is 3.89. The summed E-state index contributed by atoms with van der Waals surface area (Å²) in [5.74, 6) is 1.11. The summed E-state index contributed by atoms with van der Waals surface area (Å²) in [6.45, 7) is 5.03. The van der Waals surface area contributed by atoms with Gasteiger partial charge in [-0.15, -0.1) is 0 Å². The number of anilines is 2. The van der Waals surface area contributed by atoms with Gasteiger partial charge in [0.15, 0.2) is 0 Å². The van der Waals surface area contributed by atoms with Crippen molar-refractivity contribution < 1.29 is 0 Å². The second kappa shape index (κ2) is 5.43. The standard InChI is InChI=1S/C11H17N7S/c1-11(2,19-3)6-14-9-15-8(12)16-10(17-9)18-5-4-13-7-18/h4-5,7H,6H2,1-3H3,(H3,12,14,15,16,17). The molecule has 0 aliphatic rings. The van der Waals surface area contributed by atoms with E-state index in [4.69, 9.17) is 5.73 Å². The molecule has 0 atom stereocenters. The fourth-order valence-electron chi connectivity index (χ4n) is 1.32. The molecular formula is C11H17N7S. The van der Waals surface area contributed by atoms with Gasteiger partial charge in [0, 0.05) is 23.7 Å². The van der Waals surface area contributed by atoms with Gasteiger partial charge in [-0.05, 0) is 20.1 Å². The van der Waals surface area contributed by atoms with Gasteiger partial charge in [0.2, 0.25) is 17.8 Å². The number of thioether (sulfide) groups is 1. The van der Waals surface area contributed by atoms with Crippen LogP contribution in [-0.2, 0) is 0 Å². The van der Waals surface area contributed by atoms with E-state index < -0.39 is 0 Å². The van der Waals surface area contributed by atoms with Crippen LogP contribution in [0.4, 0.5) is 11.9 Å². The maximum absolute atomic E-state index is 5.70. The van der Waals surface area contributed by atoms with Crippen LogP contribution in [0.25, 0.3) is 5.95 Å². The smallest absolute Gasteiger partial charge is 0.241 e. The van der Waals surface area contributed by atoms with Crippen molar-refractivity contribution in [3.63, 3.8) is 0 Å². The van der Waals surface area contributed by atoms with Crippen LogP contribution in [0.5, 0.6) is 0 Å². The van der Waals surface area contributed by atoms with Crippen LogP contribution in [0.2, 0.25) is 0 Å². The highest BCUT2D eigenvalue weighted by Gasteiger charge is 2.16. The predicted molar refractivity (Wildman–Crippen MR) is 77.4 cm³/mol. The molecule has 2 rings (SSSR count). The van der Waals surface area contributed by atoms with Crippen LogP contribution in [0.1, 0.15) is 13.8 Å². The van der Waals surface area contributed by atoms with Crippen LogP contribution in [0, 0.1) is 0 Å². The predicted octanol–water partition coefficient (Wildman–Crippen LogP) is 1.19. The maximum atomic E-state index is 5.70. The lowest BCUT2D eigenvalue weighted by molar-refractivity contribution is 0.744. The van der Waals surface area contributed by atoms with E-state index >= 15 is 0 Å². The van der Waals surface area contributed by atoms with Crippen molar-refractivity contribution in [1.29, 1.82) is 0 Å². The molecule has 0 fully saturated rings. The van der Waals surface area contributed by atoms with Gasteiger partial charge >= 0.3 is 0 Å². The van der Waals surface area contributed by atoms with Crippen molar-refractivity contribution in [2.75, 3.05) is 23.9 Å². The topological polar surface area (TPSA) is 94.5 Å². The van der Waals surface area contributed by atoms with E-state index in [1.165, 1.54) is 0 Å². The molecule has 0 aliphatic carbocycles. The molecule has 0 amide bonds. The summed E-state index contributed by atoms with van der Waals surface area (Å²) >= 11 is 1.77. The minimum absolute atomic E-state index is 0.0938. The molecule has 2 aromatic heterocycles. The highest BCUT2D eigenvalue weighted by atomic mass is 32.2. The Bertz CT molecular complexity index is 538. The van der Waals surface area contributed by atoms with E-state index in [9.17, 15) is 0 Å². The normalized spacial score (nSPS) is 11.5. The molecule has 0 aliphatic heterocycles. The van der Waals surface area contributed by atoms with Crippen molar-refractivity contribution in [2.24, 2.45) is 0 Å². The average Bonchev–Trinajstić information content (AvgIpc) is 2.90. The van der Waals surface area contributed by atoms with Gasteiger partial charge in [-0.1, -0.05) is 0 Å². The Hall–Kier alpha value is -1.83. The molecule has 0 saturated heterocycles. The summed E-state index contributed by atoms with van der Waals surface area (Å²) in [5, 5.41) is 3.18. The SMILES string of the molecule is CSC(C)(C)CNc1nc(N)nc(-n2ccnc2)n1. The molecule has 0 saturated carbocycles. The summed E-state index contributed by atoms with van der Waals surface area (Å²) in [6, 6.07) is 0. The Morgan fingerprint density at radius 1 is 1.37 bits per heavy atom. The molecule has 102 valence electrons. The Labute approximate surface area is 116 Å². The van der Waals surface area contributed by atoms with Crippen LogP contribution in [0.3, 0.4) is 0 Å². The van der Waals surface area contributed by atoms with Crippen LogP contribution >= 0.6 is 11.8 Å². The lowest BCUT2D eigenvalue weighted by Crippen LogP contribution is -2.27. The van der Waals surface area contributed by atoms with Gasteiger partial charge in [0.05, 0.1) is 0 Å². The number of imidazole rings is 1. The fourth-order valence-corrected chi connectivity index (χ4v) is 1.53. The van der Waals surface area contributed by atoms with Gasteiger partial charge in [-0.25, -0.2) is 4.98 Å². The third kappa shape index (κ3) is 3.57. The minimum Gasteiger partial charge on any atom is -0.368 e. The van der Waals surface area contributed by atoms with Crippen LogP contribution in [0.15, 0.2) is 18.7 Å². The molecule has 3 N–H and O–H groups in total. The van der Waals surface area contributed by atoms with E-state index in [0.29, 0.717) is 11.9 Å². The van der Waals surface area contributed by atoms with Crippen LogP contribution in [-0.4, -0.2) is 42.1 Å². The van der Waals surface area contributed by atoms with E-state index in [2.05, 4.69) is 45.4 Å². The number of hydrogen-bond donors (Lipinski definition) is 2. The Morgan fingerprint density at radius 3 is 2.79 bits per heavy atom. The Morgan fingerprint density at radius 2 is 2.16 bits per heavy atom. The van der Waals surface area contributed by atoms with Crippen molar-refractivity contribution in [1.82, 2.24) is 24.5 Å². The first-order chi connectivity index (χ1) is 9.00. The lowest BCUT2D eigenvalue weighted by atomic mass is 10.2. The van der Waals surface area contributed by atoms with Crippen LogP contribution < -0.4 is 11.1 Å². The number of hydrogen-bond acceptors (Lipinski definition) is 7. The molecule has 8 heteroatoms. The number of nitrogens with zero attached hydrogens (tertiary/aromatic N) is 5. The second-order valence-electron chi connectivity index (χ2n) is 4.60. The summed E-state index contributed by atoms with van der Waals surface area (Å²) in [4.78, 5) is 16.4. The fraction of sp³-hybridized carbons (Fsp3) is 0.455. The number of nitrogens with two attached hydrogens (primary N) is 1. The van der Waals surface area contributed by atoms with Gasteiger partial charge in [0.25, 0.3) is 0 Å². The first kappa shape index (κ1) is 13.6. The monoisotopic (exact) mass is 279 g/mol. The van der Waals surface area contributed by atoms with Crippen molar-refractivity contribution in [2.45, 2.75) is 18.6 Å². The summed E-state index contributed by atoms with van der Waals surface area (Å²) < 4.78 is 1.78. The molecule has 19 heavy (non-hydrogen) atoms. The minimum atomic E-state index is 0.0938. The van der Waals surface area contributed by atoms with Crippen molar-refractivity contribution in [3.05, 3.63) is 18.7 Å². The van der Waals surface area contributed by atoms with E-state index in [-0.39, 0.29) is 10.7 Å². The molecule has 2 aromatic rings. The zero-order valence-corrected chi connectivity index (χ0v) is 12.0. The molecule has 0 spiro atoms. The van der Waals surface area contributed by atoms with Gasteiger partial charge in [0.1, 0.15) is 6.33 Å². The molecule has 0 unspecified atom stereocenters. The maximum Gasteiger partial charge on any atom is 0.241 e. The summed E-state index contributed by atoms with van der Waals surface area (Å²) in [5.41, 5.74) is 5.70. The molecule has 0 bridgehead atoms. The summed E-state index contributed by atoms with van der Waals surface area (Å²) in [6.07, 6.45) is 7.10. The van der Waals surface area contributed by atoms with Gasteiger partial charge < -0.3 is 11.1 Å². The van der Waals surface area contributed by atoms with Gasteiger partial charge in [-0.3, -0.25) is 4.57 Å². The highest BCUT2D eigenvalue weighted by Crippen LogP contribution is 2.21. The quantitative estimate of drug-likeness (QED) is 0.849.